The number of rotatable bonds is 1. The molecule has 0 saturated heterocycles. The van der Waals surface area contributed by atoms with Gasteiger partial charge in [0.1, 0.15) is 0 Å². The number of hydrogen-bond acceptors (Lipinski definition) is 3. The van der Waals surface area contributed by atoms with E-state index in [1.807, 2.05) is 18.2 Å². The van der Waals surface area contributed by atoms with E-state index in [1.165, 1.54) is 0 Å². The molecule has 0 fully saturated rings. The first-order chi connectivity index (χ1) is 11.5. The SMILES string of the molecule is CCc1ccc2c(c1)C1(NC(=O)c3ccc(Cl)cc3N1)C(=O)N2C. The molecule has 2 aromatic carbocycles. The van der Waals surface area contributed by atoms with Crippen LogP contribution in [0.25, 0.3) is 0 Å². The fourth-order valence-electron chi connectivity index (χ4n) is 3.40. The molecule has 2 aliphatic rings. The molecular formula is C18H16ClN3O2. The number of amides is 2. The third-order valence-electron chi connectivity index (χ3n) is 4.71. The molecule has 24 heavy (non-hydrogen) atoms. The summed E-state index contributed by atoms with van der Waals surface area (Å²) >= 11 is 6.07. The van der Waals surface area contributed by atoms with Gasteiger partial charge in [-0.1, -0.05) is 24.6 Å². The third-order valence-corrected chi connectivity index (χ3v) is 4.94. The summed E-state index contributed by atoms with van der Waals surface area (Å²) in [4.78, 5) is 27.2. The highest BCUT2D eigenvalue weighted by molar-refractivity contribution is 6.31. The fraction of sp³-hybridized carbons (Fsp3) is 0.222. The number of carbonyl (C=O) groups excluding carboxylic acids is 2. The highest BCUT2D eigenvalue weighted by Crippen LogP contribution is 2.43. The van der Waals surface area contributed by atoms with E-state index in [9.17, 15) is 9.59 Å². The molecule has 2 amide bonds. The molecule has 2 N–H and O–H groups in total. The van der Waals surface area contributed by atoms with Gasteiger partial charge >= 0.3 is 0 Å². The Morgan fingerprint density at radius 2 is 1.92 bits per heavy atom. The highest BCUT2D eigenvalue weighted by atomic mass is 35.5. The average molecular weight is 342 g/mol. The average Bonchev–Trinajstić information content (AvgIpc) is 2.76. The second-order valence-electron chi connectivity index (χ2n) is 6.09. The second-order valence-corrected chi connectivity index (χ2v) is 6.52. The Bertz CT molecular complexity index is 896. The topological polar surface area (TPSA) is 61.4 Å². The number of carbonyl (C=O) groups is 2. The molecule has 2 aliphatic heterocycles. The van der Waals surface area contributed by atoms with Gasteiger partial charge in [-0.3, -0.25) is 9.59 Å². The molecule has 6 heteroatoms. The second kappa shape index (κ2) is 4.98. The summed E-state index contributed by atoms with van der Waals surface area (Å²) in [7, 11) is 1.71. The molecule has 0 aliphatic carbocycles. The number of likely N-dealkylation sites (N-methyl/N-ethyl adjacent to an activating group) is 1. The van der Waals surface area contributed by atoms with Gasteiger partial charge in [0, 0.05) is 17.6 Å². The summed E-state index contributed by atoms with van der Waals surface area (Å²) in [5, 5.41) is 6.60. The first kappa shape index (κ1) is 15.0. The monoisotopic (exact) mass is 341 g/mol. The smallest absolute Gasteiger partial charge is 0.278 e. The van der Waals surface area contributed by atoms with Crippen molar-refractivity contribution in [1.82, 2.24) is 5.32 Å². The largest absolute Gasteiger partial charge is 0.350 e. The molecule has 0 aromatic heterocycles. The lowest BCUT2D eigenvalue weighted by Gasteiger charge is -2.36. The van der Waals surface area contributed by atoms with Gasteiger partial charge in [-0.25, -0.2) is 0 Å². The Morgan fingerprint density at radius 3 is 2.67 bits per heavy atom. The quantitative estimate of drug-likeness (QED) is 0.838. The van der Waals surface area contributed by atoms with Gasteiger partial charge in [0.2, 0.25) is 5.66 Å². The van der Waals surface area contributed by atoms with Crippen molar-refractivity contribution in [3.8, 4) is 0 Å². The standard InChI is InChI=1S/C18H16ClN3O2/c1-3-10-4-7-15-13(8-10)18(17(24)22(15)2)20-14-9-11(19)5-6-12(14)16(23)21-18/h4-9,20H,3H2,1-2H3,(H,21,23). The maximum atomic E-state index is 13.0. The van der Waals surface area contributed by atoms with E-state index in [2.05, 4.69) is 17.6 Å². The zero-order valence-corrected chi connectivity index (χ0v) is 14.1. The van der Waals surface area contributed by atoms with Crippen LogP contribution in [0.3, 0.4) is 0 Å². The van der Waals surface area contributed by atoms with Crippen LogP contribution >= 0.6 is 11.6 Å². The minimum atomic E-state index is -1.29. The minimum absolute atomic E-state index is 0.218. The van der Waals surface area contributed by atoms with Gasteiger partial charge in [-0.05, 0) is 42.3 Å². The summed E-state index contributed by atoms with van der Waals surface area (Å²) in [6, 6.07) is 10.9. The molecule has 1 spiro atoms. The third kappa shape index (κ3) is 1.88. The van der Waals surface area contributed by atoms with Crippen molar-refractivity contribution in [2.75, 3.05) is 17.3 Å². The summed E-state index contributed by atoms with van der Waals surface area (Å²) in [5.74, 6) is -0.512. The zero-order chi connectivity index (χ0) is 17.1. The van der Waals surface area contributed by atoms with Crippen molar-refractivity contribution in [2.45, 2.75) is 19.0 Å². The van der Waals surface area contributed by atoms with E-state index in [4.69, 9.17) is 11.6 Å². The van der Waals surface area contributed by atoms with Gasteiger partial charge in [0.15, 0.2) is 0 Å². The Kier molecular flexibility index (Phi) is 3.12. The van der Waals surface area contributed by atoms with Gasteiger partial charge in [-0.15, -0.1) is 0 Å². The molecule has 0 bridgehead atoms. The van der Waals surface area contributed by atoms with Crippen molar-refractivity contribution in [3.63, 3.8) is 0 Å². The van der Waals surface area contributed by atoms with Crippen molar-refractivity contribution < 1.29 is 9.59 Å². The van der Waals surface area contributed by atoms with Crippen LogP contribution in [0.15, 0.2) is 36.4 Å². The van der Waals surface area contributed by atoms with Crippen LogP contribution in [0.4, 0.5) is 11.4 Å². The van der Waals surface area contributed by atoms with E-state index in [1.54, 1.807) is 30.1 Å². The van der Waals surface area contributed by atoms with Crippen LogP contribution in [0.5, 0.6) is 0 Å². The summed E-state index contributed by atoms with van der Waals surface area (Å²) in [6.45, 7) is 2.05. The normalized spacial score (nSPS) is 21.4. The van der Waals surface area contributed by atoms with Crippen molar-refractivity contribution in [3.05, 3.63) is 58.1 Å². The van der Waals surface area contributed by atoms with Gasteiger partial charge in [-0.2, -0.15) is 0 Å². The van der Waals surface area contributed by atoms with E-state index in [0.717, 1.165) is 23.2 Å². The van der Waals surface area contributed by atoms with E-state index >= 15 is 0 Å². The van der Waals surface area contributed by atoms with E-state index in [-0.39, 0.29) is 11.8 Å². The first-order valence-corrected chi connectivity index (χ1v) is 8.16. The lowest BCUT2D eigenvalue weighted by molar-refractivity contribution is -0.122. The zero-order valence-electron chi connectivity index (χ0n) is 13.3. The molecule has 0 radical (unpaired) electrons. The highest BCUT2D eigenvalue weighted by Gasteiger charge is 2.53. The van der Waals surface area contributed by atoms with Gasteiger partial charge in [0.05, 0.1) is 16.9 Å². The van der Waals surface area contributed by atoms with E-state index < -0.39 is 5.66 Å². The number of hydrogen-bond donors (Lipinski definition) is 2. The predicted octanol–water partition coefficient (Wildman–Crippen LogP) is 2.89. The lowest BCUT2D eigenvalue weighted by atomic mass is 9.94. The molecule has 4 rings (SSSR count). The van der Waals surface area contributed by atoms with Crippen LogP contribution in [0, 0.1) is 0 Å². The lowest BCUT2D eigenvalue weighted by Crippen LogP contribution is -2.60. The van der Waals surface area contributed by atoms with Gasteiger partial charge in [0.25, 0.3) is 11.8 Å². The molecule has 2 heterocycles. The molecule has 5 nitrogen and oxygen atoms in total. The van der Waals surface area contributed by atoms with Crippen molar-refractivity contribution >= 4 is 34.8 Å². The minimum Gasteiger partial charge on any atom is -0.350 e. The fourth-order valence-corrected chi connectivity index (χ4v) is 3.57. The van der Waals surface area contributed by atoms with Crippen LogP contribution in [-0.4, -0.2) is 18.9 Å². The summed E-state index contributed by atoms with van der Waals surface area (Å²) in [5.41, 5.74) is 2.39. The van der Waals surface area contributed by atoms with Crippen LogP contribution in [-0.2, 0) is 16.9 Å². The van der Waals surface area contributed by atoms with Gasteiger partial charge < -0.3 is 15.5 Å². The number of nitrogens with zero attached hydrogens (tertiary/aromatic N) is 1. The Labute approximate surface area is 144 Å². The van der Waals surface area contributed by atoms with Crippen LogP contribution in [0.1, 0.15) is 28.4 Å². The Balaban J connectivity index is 1.93. The van der Waals surface area contributed by atoms with E-state index in [0.29, 0.717) is 16.3 Å². The molecule has 1 atom stereocenters. The molecule has 1 unspecified atom stereocenters. The summed E-state index contributed by atoms with van der Waals surface area (Å²) < 4.78 is 0. The predicted molar refractivity (Wildman–Crippen MR) is 93.4 cm³/mol. The number of anilines is 2. The van der Waals surface area contributed by atoms with Crippen molar-refractivity contribution in [1.29, 1.82) is 0 Å². The maximum Gasteiger partial charge on any atom is 0.278 e. The molecular weight excluding hydrogens is 326 g/mol. The summed E-state index contributed by atoms with van der Waals surface area (Å²) in [6.07, 6.45) is 0.845. The number of aryl methyl sites for hydroxylation is 1. The molecule has 122 valence electrons. The van der Waals surface area contributed by atoms with Crippen LogP contribution < -0.4 is 15.5 Å². The number of benzene rings is 2. The van der Waals surface area contributed by atoms with Crippen LogP contribution in [0.2, 0.25) is 5.02 Å². The number of halogens is 1. The maximum absolute atomic E-state index is 13.0. The molecule has 2 aromatic rings. The first-order valence-electron chi connectivity index (χ1n) is 7.78. The number of fused-ring (bicyclic) bond motifs is 3. The molecule has 0 saturated carbocycles. The number of nitrogens with one attached hydrogen (secondary N) is 2. The Hall–Kier alpha value is -2.53. The van der Waals surface area contributed by atoms with Crippen molar-refractivity contribution in [2.24, 2.45) is 0 Å². The Morgan fingerprint density at radius 1 is 1.12 bits per heavy atom.